The highest BCUT2D eigenvalue weighted by molar-refractivity contribution is 5.85. The van der Waals surface area contributed by atoms with Crippen LogP contribution in [0.25, 0.3) is 0 Å². The third kappa shape index (κ3) is 16.4. The van der Waals surface area contributed by atoms with Gasteiger partial charge in [-0.05, 0) is 48.3 Å². The van der Waals surface area contributed by atoms with Gasteiger partial charge in [0, 0.05) is 65.3 Å². The minimum Gasteiger partial charge on any atom is -0.508 e. The van der Waals surface area contributed by atoms with E-state index in [-0.39, 0.29) is 54.6 Å². The number of halogens is 1. The molecule has 5 atom stereocenters. The summed E-state index contributed by atoms with van der Waals surface area (Å²) in [5.74, 6) is 4.58. The van der Waals surface area contributed by atoms with E-state index in [9.17, 15) is 14.7 Å². The highest BCUT2D eigenvalue weighted by atomic mass is 35.5. The number of piperazine rings is 2. The molecule has 4 aromatic rings. The van der Waals surface area contributed by atoms with E-state index in [1.807, 2.05) is 28.1 Å². The monoisotopic (exact) mass is 1020 g/mol. The van der Waals surface area contributed by atoms with Crippen molar-refractivity contribution in [3.8, 4) is 18.1 Å². The second-order valence-electron chi connectivity index (χ2n) is 19.2. The lowest BCUT2D eigenvalue weighted by Crippen LogP contribution is -2.52. The molecule has 72 heavy (non-hydrogen) atoms. The molecule has 6 N–H and O–H groups in total. The number of nitrogens with two attached hydrogens (primary N) is 2. The summed E-state index contributed by atoms with van der Waals surface area (Å²) in [5.41, 5.74) is 15.1. The number of anilines is 3. The van der Waals surface area contributed by atoms with Crippen LogP contribution in [0.1, 0.15) is 102 Å². The molecule has 0 aliphatic carbocycles. The predicted octanol–water partition coefficient (Wildman–Crippen LogP) is 3.44. The van der Waals surface area contributed by atoms with Crippen LogP contribution in [0.5, 0.6) is 5.75 Å². The van der Waals surface area contributed by atoms with E-state index in [1.165, 1.54) is 0 Å². The van der Waals surface area contributed by atoms with Crippen LogP contribution in [0.15, 0.2) is 36.7 Å². The molecular formula is C49H77ClN16O6. The summed E-state index contributed by atoms with van der Waals surface area (Å²) >= 11 is 0. The van der Waals surface area contributed by atoms with Crippen molar-refractivity contribution >= 4 is 42.1 Å². The topological polar surface area (TPSA) is 259 Å². The van der Waals surface area contributed by atoms with Crippen molar-refractivity contribution < 1.29 is 28.9 Å². The first-order chi connectivity index (χ1) is 34.2. The van der Waals surface area contributed by atoms with Crippen molar-refractivity contribution in [2.75, 3.05) is 114 Å². The molecule has 0 unspecified atom stereocenters. The normalized spacial score (nSPS) is 16.3. The first-order valence-electron chi connectivity index (χ1n) is 25.1. The molecule has 2 aliphatic heterocycles. The molecule has 23 heteroatoms. The number of hydrogen-bond acceptors (Lipinski definition) is 18. The van der Waals surface area contributed by atoms with Gasteiger partial charge in [0.25, 0.3) is 0 Å². The Morgan fingerprint density at radius 2 is 1.22 bits per heavy atom. The summed E-state index contributed by atoms with van der Waals surface area (Å²) in [7, 11) is 0. The largest absolute Gasteiger partial charge is 0.508 e. The second-order valence-corrected chi connectivity index (χ2v) is 19.2. The first-order valence-corrected chi connectivity index (χ1v) is 25.1. The van der Waals surface area contributed by atoms with Crippen LogP contribution in [0.4, 0.5) is 17.8 Å². The number of carbonyl (C=O) groups excluding carboxylic acids is 2. The molecule has 396 valence electrons. The maximum atomic E-state index is 14.5. The fourth-order valence-electron chi connectivity index (χ4n) is 8.63. The van der Waals surface area contributed by atoms with E-state index in [1.54, 1.807) is 27.7 Å². The van der Waals surface area contributed by atoms with Gasteiger partial charge in [-0.1, -0.05) is 76.4 Å². The highest BCUT2D eigenvalue weighted by Crippen LogP contribution is 2.28. The Balaban J connectivity index is 0.00000963. The number of terminal acetylenes is 1. The number of nitrogens with one attached hydrogen (secondary N) is 1. The Hall–Kier alpha value is -5.70. The third-order valence-electron chi connectivity index (χ3n) is 12.8. The molecule has 2 saturated heterocycles. The van der Waals surface area contributed by atoms with Gasteiger partial charge in [0.1, 0.15) is 24.4 Å². The van der Waals surface area contributed by atoms with Gasteiger partial charge in [0.2, 0.25) is 29.7 Å². The van der Waals surface area contributed by atoms with E-state index >= 15 is 0 Å². The number of aromatic nitrogens is 9. The first kappa shape index (κ1) is 57.2. The molecule has 5 heterocycles. The standard InChI is InChI=1S/C49H76N16O6.ClH/c1-8-23-69-25-27-71-28-26-70-24-14-52-47-53-48(55-49(54-47)63-21-17-61(18-22-63)46(68)44(36(7)9-2)65-33-42(57-59-65)40(51)30-35(5)6)62-19-15-60(16-20-62)45(67)43(31-37-10-12-38(66)13-11-37)64-32-41(56-58-64)39(50)29-34(3)4;/h1,10-13,32-36,39-40,43-44,66H,9,14-31,50-51H2,2-7H3,(H,52,53,54,55);1H/t36-,39-,40-,43-,44-;/m0./s1. The molecule has 0 saturated carbocycles. The molecule has 0 radical (unpaired) electrons. The SMILES string of the molecule is C#CCOCCOCCOCCNc1nc(N2CCN(C(=O)[C@H]([C@@H](C)CC)n3cc([C@@H](N)CC(C)C)nn3)CC2)nc(N2CCN(C(=O)[C@H](Cc3ccc(O)cc3)n3cc([C@@H](N)CC(C)C)nn3)CC2)n1.Cl. The summed E-state index contributed by atoms with van der Waals surface area (Å²) in [5, 5.41) is 30.9. The van der Waals surface area contributed by atoms with Crippen LogP contribution >= 0.6 is 12.4 Å². The summed E-state index contributed by atoms with van der Waals surface area (Å²) in [6, 6.07) is 5.07. The Morgan fingerprint density at radius 1 is 0.722 bits per heavy atom. The molecule has 6 rings (SSSR count). The van der Waals surface area contributed by atoms with E-state index in [0.29, 0.717) is 139 Å². The predicted molar refractivity (Wildman–Crippen MR) is 277 cm³/mol. The molecule has 2 fully saturated rings. The number of rotatable bonds is 27. The van der Waals surface area contributed by atoms with Crippen molar-refractivity contribution in [1.29, 1.82) is 0 Å². The number of aromatic hydroxyl groups is 1. The van der Waals surface area contributed by atoms with Crippen LogP contribution in [0.3, 0.4) is 0 Å². The number of amides is 2. The molecule has 1 aromatic carbocycles. The molecule has 22 nitrogen and oxygen atoms in total. The van der Waals surface area contributed by atoms with E-state index in [4.69, 9.17) is 47.1 Å². The number of nitrogens with zero attached hydrogens (tertiary/aromatic N) is 13. The number of carbonyl (C=O) groups is 2. The lowest BCUT2D eigenvalue weighted by molar-refractivity contribution is -0.137. The fourth-order valence-corrected chi connectivity index (χ4v) is 8.63. The van der Waals surface area contributed by atoms with E-state index < -0.39 is 12.1 Å². The zero-order chi connectivity index (χ0) is 50.9. The zero-order valence-corrected chi connectivity index (χ0v) is 43.7. The minimum absolute atomic E-state index is 0. The summed E-state index contributed by atoms with van der Waals surface area (Å²) in [4.78, 5) is 51.4. The summed E-state index contributed by atoms with van der Waals surface area (Å²) < 4.78 is 19.9. The van der Waals surface area contributed by atoms with Crippen LogP contribution in [-0.2, 0) is 30.2 Å². The van der Waals surface area contributed by atoms with Gasteiger partial charge in [-0.2, -0.15) is 15.0 Å². The van der Waals surface area contributed by atoms with Crippen LogP contribution in [0.2, 0.25) is 0 Å². The van der Waals surface area contributed by atoms with Crippen molar-refractivity contribution in [1.82, 2.24) is 54.7 Å². The van der Waals surface area contributed by atoms with Gasteiger partial charge < -0.3 is 55.7 Å². The molecule has 2 amide bonds. The van der Waals surface area contributed by atoms with Crippen molar-refractivity contribution in [3.63, 3.8) is 0 Å². The Labute approximate surface area is 430 Å². The second kappa shape index (κ2) is 28.5. The van der Waals surface area contributed by atoms with Crippen LogP contribution in [0, 0.1) is 30.1 Å². The number of hydrogen-bond donors (Lipinski definition) is 4. The van der Waals surface area contributed by atoms with Crippen molar-refractivity contribution in [3.05, 3.63) is 53.6 Å². The van der Waals surface area contributed by atoms with Gasteiger partial charge in [-0.15, -0.1) is 29.0 Å². The zero-order valence-electron chi connectivity index (χ0n) is 42.9. The lowest BCUT2D eigenvalue weighted by atomic mass is 9.97. The van der Waals surface area contributed by atoms with Crippen LogP contribution < -0.4 is 26.6 Å². The maximum Gasteiger partial charge on any atom is 0.247 e. The molecule has 3 aromatic heterocycles. The number of benzene rings is 1. The Kier molecular flexibility index (Phi) is 22.7. The van der Waals surface area contributed by atoms with Crippen molar-refractivity contribution in [2.45, 2.75) is 91.4 Å². The van der Waals surface area contributed by atoms with Crippen LogP contribution in [-0.4, -0.2) is 170 Å². The summed E-state index contributed by atoms with van der Waals surface area (Å²) in [6.45, 7) is 19.0. The molecular weight excluding hydrogens is 944 g/mol. The number of phenols is 1. The Bertz CT molecular complexity index is 2290. The van der Waals surface area contributed by atoms with E-state index in [2.05, 4.69) is 83.2 Å². The van der Waals surface area contributed by atoms with Gasteiger partial charge in [-0.3, -0.25) is 9.59 Å². The van der Waals surface area contributed by atoms with Gasteiger partial charge in [0.15, 0.2) is 0 Å². The average Bonchev–Trinajstić information content (AvgIpc) is 4.07. The quantitative estimate of drug-likeness (QED) is 0.0493. The number of phenolic OH excluding ortho intramolecular Hbond substituents is 1. The average molecular weight is 1020 g/mol. The smallest absolute Gasteiger partial charge is 0.247 e. The minimum atomic E-state index is -0.687. The fraction of sp³-hybridized carbons (Fsp3) is 0.653. The van der Waals surface area contributed by atoms with Gasteiger partial charge in [0.05, 0.1) is 68.9 Å². The van der Waals surface area contributed by atoms with Gasteiger partial charge >= 0.3 is 0 Å². The highest BCUT2D eigenvalue weighted by Gasteiger charge is 2.35. The lowest BCUT2D eigenvalue weighted by Gasteiger charge is -2.38. The molecule has 0 bridgehead atoms. The molecule has 0 spiro atoms. The molecule has 2 aliphatic rings. The maximum absolute atomic E-state index is 14.5. The van der Waals surface area contributed by atoms with Gasteiger partial charge in [-0.25, -0.2) is 9.36 Å². The Morgan fingerprint density at radius 3 is 1.75 bits per heavy atom. The van der Waals surface area contributed by atoms with Crippen molar-refractivity contribution in [2.24, 2.45) is 29.2 Å². The number of ether oxygens (including phenoxy) is 3. The van der Waals surface area contributed by atoms with E-state index in [0.717, 1.165) is 24.8 Å². The third-order valence-corrected chi connectivity index (χ3v) is 12.8. The summed E-state index contributed by atoms with van der Waals surface area (Å²) in [6.07, 6.45) is 11.5.